The minimum Gasteiger partial charge on any atom is -0.508 e. The number of aromatic hydroxyl groups is 1. The van der Waals surface area contributed by atoms with Crippen LogP contribution in [-0.4, -0.2) is 28.5 Å². The highest BCUT2D eigenvalue weighted by molar-refractivity contribution is 5.55. The van der Waals surface area contributed by atoms with Crippen molar-refractivity contribution in [3.8, 4) is 17.1 Å². The van der Waals surface area contributed by atoms with E-state index in [9.17, 15) is 5.11 Å². The summed E-state index contributed by atoms with van der Waals surface area (Å²) >= 11 is 0. The predicted molar refractivity (Wildman–Crippen MR) is 64.0 cm³/mol. The summed E-state index contributed by atoms with van der Waals surface area (Å²) in [6, 6.07) is 6.75. The number of ether oxygens (including phenoxy) is 1. The van der Waals surface area contributed by atoms with E-state index in [-0.39, 0.29) is 5.75 Å². The number of phenols is 1. The van der Waals surface area contributed by atoms with Crippen molar-refractivity contribution < 1.29 is 14.4 Å². The average Bonchev–Trinajstić information content (AvgIpc) is 3.02. The SMILES string of the molecule is Oc1ccc(-c2noc(CC3CCOC3)n2)cc1. The van der Waals surface area contributed by atoms with E-state index < -0.39 is 0 Å². The molecule has 1 saturated heterocycles. The molecule has 0 spiro atoms. The Kier molecular flexibility index (Phi) is 2.98. The number of nitrogens with zero attached hydrogens (tertiary/aromatic N) is 2. The lowest BCUT2D eigenvalue weighted by Gasteiger charge is -2.00. The highest BCUT2D eigenvalue weighted by Gasteiger charge is 2.19. The standard InChI is InChI=1S/C13H14N2O3/c16-11-3-1-10(2-4-11)13-14-12(18-15-13)7-9-5-6-17-8-9/h1-4,9,16H,5-8H2. The molecule has 1 aromatic carbocycles. The molecule has 2 heterocycles. The van der Waals surface area contributed by atoms with E-state index in [0.29, 0.717) is 17.6 Å². The van der Waals surface area contributed by atoms with E-state index in [4.69, 9.17) is 9.26 Å². The maximum atomic E-state index is 9.22. The third-order valence-corrected chi connectivity index (χ3v) is 3.08. The molecule has 1 N–H and O–H groups in total. The zero-order chi connectivity index (χ0) is 12.4. The van der Waals surface area contributed by atoms with Crippen molar-refractivity contribution in [1.82, 2.24) is 10.1 Å². The Hall–Kier alpha value is -1.88. The van der Waals surface area contributed by atoms with Crippen molar-refractivity contribution in [1.29, 1.82) is 0 Å². The summed E-state index contributed by atoms with van der Waals surface area (Å²) in [5.74, 6) is 1.92. The summed E-state index contributed by atoms with van der Waals surface area (Å²) in [6.07, 6.45) is 1.82. The van der Waals surface area contributed by atoms with Crippen LogP contribution in [0.15, 0.2) is 28.8 Å². The third kappa shape index (κ3) is 2.36. The Morgan fingerprint density at radius 2 is 2.11 bits per heavy atom. The van der Waals surface area contributed by atoms with Gasteiger partial charge in [-0.15, -0.1) is 0 Å². The number of hydrogen-bond acceptors (Lipinski definition) is 5. The predicted octanol–water partition coefficient (Wildman–Crippen LogP) is 2.02. The van der Waals surface area contributed by atoms with Crippen molar-refractivity contribution in [2.24, 2.45) is 5.92 Å². The maximum absolute atomic E-state index is 9.22. The van der Waals surface area contributed by atoms with Gasteiger partial charge in [-0.2, -0.15) is 4.98 Å². The lowest BCUT2D eigenvalue weighted by Crippen LogP contribution is -2.03. The normalized spacial score (nSPS) is 19.2. The molecule has 94 valence electrons. The van der Waals surface area contributed by atoms with Gasteiger partial charge >= 0.3 is 0 Å². The van der Waals surface area contributed by atoms with Crippen LogP contribution in [0.2, 0.25) is 0 Å². The van der Waals surface area contributed by atoms with Gasteiger partial charge in [-0.25, -0.2) is 0 Å². The van der Waals surface area contributed by atoms with Gasteiger partial charge in [-0.3, -0.25) is 0 Å². The van der Waals surface area contributed by atoms with E-state index in [0.717, 1.165) is 31.6 Å². The van der Waals surface area contributed by atoms with Gasteiger partial charge in [0.15, 0.2) is 0 Å². The number of hydrogen-bond donors (Lipinski definition) is 1. The quantitative estimate of drug-likeness (QED) is 0.897. The van der Waals surface area contributed by atoms with Crippen LogP contribution in [0.25, 0.3) is 11.4 Å². The monoisotopic (exact) mass is 246 g/mol. The van der Waals surface area contributed by atoms with Crippen LogP contribution in [0.5, 0.6) is 5.75 Å². The zero-order valence-electron chi connectivity index (χ0n) is 9.87. The largest absolute Gasteiger partial charge is 0.508 e. The van der Waals surface area contributed by atoms with E-state index in [1.165, 1.54) is 0 Å². The highest BCUT2D eigenvalue weighted by Crippen LogP contribution is 2.21. The lowest BCUT2D eigenvalue weighted by atomic mass is 10.1. The van der Waals surface area contributed by atoms with E-state index in [1.54, 1.807) is 24.3 Å². The first-order valence-corrected chi connectivity index (χ1v) is 6.01. The van der Waals surface area contributed by atoms with Crippen LogP contribution in [0.1, 0.15) is 12.3 Å². The Bertz CT molecular complexity index is 515. The Morgan fingerprint density at radius 1 is 1.28 bits per heavy atom. The second-order valence-corrected chi connectivity index (χ2v) is 4.49. The molecule has 3 rings (SSSR count). The topological polar surface area (TPSA) is 68.4 Å². The van der Waals surface area contributed by atoms with E-state index >= 15 is 0 Å². The fourth-order valence-electron chi connectivity index (χ4n) is 2.06. The van der Waals surface area contributed by atoms with Crippen molar-refractivity contribution in [3.05, 3.63) is 30.2 Å². The fourth-order valence-corrected chi connectivity index (χ4v) is 2.06. The average molecular weight is 246 g/mol. The minimum absolute atomic E-state index is 0.227. The molecule has 0 bridgehead atoms. The van der Waals surface area contributed by atoms with Crippen LogP contribution in [0.4, 0.5) is 0 Å². The summed E-state index contributed by atoms with van der Waals surface area (Å²) in [7, 11) is 0. The summed E-state index contributed by atoms with van der Waals surface area (Å²) in [5.41, 5.74) is 0.838. The molecule has 5 heteroatoms. The molecule has 2 aromatic rings. The second kappa shape index (κ2) is 4.78. The highest BCUT2D eigenvalue weighted by atomic mass is 16.5. The Morgan fingerprint density at radius 3 is 2.83 bits per heavy atom. The van der Waals surface area contributed by atoms with Crippen molar-refractivity contribution in [3.63, 3.8) is 0 Å². The molecule has 1 aromatic heterocycles. The minimum atomic E-state index is 0.227. The molecule has 1 aliphatic rings. The zero-order valence-corrected chi connectivity index (χ0v) is 9.87. The third-order valence-electron chi connectivity index (χ3n) is 3.08. The van der Waals surface area contributed by atoms with Gasteiger partial charge in [0.05, 0.1) is 0 Å². The van der Waals surface area contributed by atoms with Gasteiger partial charge in [0.1, 0.15) is 5.75 Å². The van der Waals surface area contributed by atoms with Crippen molar-refractivity contribution in [2.75, 3.05) is 13.2 Å². The first kappa shape index (κ1) is 11.2. The molecule has 18 heavy (non-hydrogen) atoms. The van der Waals surface area contributed by atoms with Crippen molar-refractivity contribution in [2.45, 2.75) is 12.8 Å². The molecule has 0 radical (unpaired) electrons. The number of phenolic OH excluding ortho intramolecular Hbond substituents is 1. The van der Waals surface area contributed by atoms with E-state index in [2.05, 4.69) is 10.1 Å². The van der Waals surface area contributed by atoms with Crippen LogP contribution in [0.3, 0.4) is 0 Å². The molecule has 1 atom stereocenters. The van der Waals surface area contributed by atoms with Gasteiger partial charge < -0.3 is 14.4 Å². The molecule has 0 amide bonds. The van der Waals surface area contributed by atoms with Crippen LogP contribution in [-0.2, 0) is 11.2 Å². The van der Waals surface area contributed by atoms with Gasteiger partial charge in [0, 0.05) is 25.2 Å². The molecule has 1 fully saturated rings. The smallest absolute Gasteiger partial charge is 0.227 e. The first-order valence-electron chi connectivity index (χ1n) is 6.01. The molecular formula is C13H14N2O3. The number of benzene rings is 1. The fraction of sp³-hybridized carbons (Fsp3) is 0.385. The summed E-state index contributed by atoms with van der Waals surface area (Å²) < 4.78 is 10.5. The summed E-state index contributed by atoms with van der Waals surface area (Å²) in [6.45, 7) is 1.60. The number of rotatable bonds is 3. The molecule has 0 saturated carbocycles. The summed E-state index contributed by atoms with van der Waals surface area (Å²) in [5, 5.41) is 13.2. The first-order chi connectivity index (χ1) is 8.81. The second-order valence-electron chi connectivity index (χ2n) is 4.49. The number of aromatic nitrogens is 2. The van der Waals surface area contributed by atoms with Crippen LogP contribution < -0.4 is 0 Å². The summed E-state index contributed by atoms with van der Waals surface area (Å²) in [4.78, 5) is 4.36. The molecule has 1 unspecified atom stereocenters. The van der Waals surface area contributed by atoms with Gasteiger partial charge in [0.2, 0.25) is 11.7 Å². The Labute approximate surface area is 104 Å². The van der Waals surface area contributed by atoms with Crippen LogP contribution >= 0.6 is 0 Å². The van der Waals surface area contributed by atoms with Gasteiger partial charge in [-0.1, -0.05) is 5.16 Å². The molecule has 0 aliphatic carbocycles. The van der Waals surface area contributed by atoms with Crippen molar-refractivity contribution >= 4 is 0 Å². The molecule has 5 nitrogen and oxygen atoms in total. The maximum Gasteiger partial charge on any atom is 0.227 e. The van der Waals surface area contributed by atoms with Crippen LogP contribution in [0, 0.1) is 5.92 Å². The molecule has 1 aliphatic heterocycles. The van der Waals surface area contributed by atoms with E-state index in [1.807, 2.05) is 0 Å². The molecular weight excluding hydrogens is 232 g/mol. The Balaban J connectivity index is 1.74. The van der Waals surface area contributed by atoms with Gasteiger partial charge in [-0.05, 0) is 36.6 Å². The lowest BCUT2D eigenvalue weighted by molar-refractivity contribution is 0.183. The van der Waals surface area contributed by atoms with Gasteiger partial charge in [0.25, 0.3) is 0 Å².